The summed E-state index contributed by atoms with van der Waals surface area (Å²) in [5.41, 5.74) is 4.21. The third kappa shape index (κ3) is 4.75. The molecule has 0 bridgehead atoms. The monoisotopic (exact) mass is 442 g/mol. The zero-order valence-corrected chi connectivity index (χ0v) is 18.0. The third-order valence-corrected chi connectivity index (χ3v) is 5.42. The molecule has 0 saturated heterocycles. The van der Waals surface area contributed by atoms with Gasteiger partial charge in [-0.3, -0.25) is 0 Å². The molecule has 0 N–H and O–H groups in total. The highest BCUT2D eigenvalue weighted by Crippen LogP contribution is 2.29. The average Bonchev–Trinajstić information content (AvgIpc) is 2.85. The molecule has 0 aliphatic heterocycles. The van der Waals surface area contributed by atoms with Crippen LogP contribution >= 0.6 is 0 Å². The molecule has 0 atom stereocenters. The Balaban J connectivity index is 1.54. The van der Waals surface area contributed by atoms with Crippen molar-refractivity contribution in [1.29, 1.82) is 0 Å². The Morgan fingerprint density at radius 2 is 1.30 bits per heavy atom. The van der Waals surface area contributed by atoms with E-state index in [0.29, 0.717) is 11.1 Å². The van der Waals surface area contributed by atoms with Gasteiger partial charge in [0.1, 0.15) is 0 Å². The maximum atomic E-state index is 14.7. The molecule has 4 rings (SSSR count). The Bertz CT molecular complexity index is 1320. The zero-order chi connectivity index (χ0) is 23.4. The minimum absolute atomic E-state index is 0.153. The van der Waals surface area contributed by atoms with Crippen molar-refractivity contribution in [2.45, 2.75) is 0 Å². The van der Waals surface area contributed by atoms with Crippen LogP contribution in [0.25, 0.3) is 40.5 Å². The molecule has 0 amide bonds. The van der Waals surface area contributed by atoms with Crippen molar-refractivity contribution in [3.63, 3.8) is 0 Å². The third-order valence-electron chi connectivity index (χ3n) is 5.42. The molecule has 0 aliphatic carbocycles. The Hall–Kier alpha value is -4.05. The van der Waals surface area contributed by atoms with Crippen molar-refractivity contribution < 1.29 is 17.9 Å². The summed E-state index contributed by atoms with van der Waals surface area (Å²) >= 11 is 0. The second kappa shape index (κ2) is 9.61. The summed E-state index contributed by atoms with van der Waals surface area (Å²) in [4.78, 5) is 0. The van der Waals surface area contributed by atoms with Gasteiger partial charge in [0.25, 0.3) is 0 Å². The lowest BCUT2D eigenvalue weighted by molar-refractivity contribution is 0.386. The number of hydrogen-bond donors (Lipinski definition) is 0. The van der Waals surface area contributed by atoms with Gasteiger partial charge in [-0.15, -0.1) is 0 Å². The Labute approximate surface area is 191 Å². The molecule has 164 valence electrons. The van der Waals surface area contributed by atoms with Crippen LogP contribution in [0.15, 0.2) is 85.4 Å². The normalized spacial score (nSPS) is 11.0. The number of benzene rings is 4. The molecule has 0 aromatic heterocycles. The van der Waals surface area contributed by atoms with Crippen molar-refractivity contribution in [3.05, 3.63) is 120 Å². The van der Waals surface area contributed by atoms with Crippen LogP contribution in [0.5, 0.6) is 5.75 Å². The summed E-state index contributed by atoms with van der Waals surface area (Å²) in [6.45, 7) is 3.69. The maximum Gasteiger partial charge on any atom is 0.167 e. The predicted molar refractivity (Wildman–Crippen MR) is 129 cm³/mol. The minimum atomic E-state index is -0.901. The number of rotatable bonds is 6. The van der Waals surface area contributed by atoms with Gasteiger partial charge in [-0.25, -0.2) is 13.2 Å². The number of halogens is 3. The largest absolute Gasteiger partial charge is 0.494 e. The van der Waals surface area contributed by atoms with E-state index in [0.717, 1.165) is 16.7 Å². The van der Waals surface area contributed by atoms with E-state index in [9.17, 15) is 13.2 Å². The molecule has 0 unspecified atom stereocenters. The summed E-state index contributed by atoms with van der Waals surface area (Å²) in [7, 11) is 1.42. The second-order valence-corrected chi connectivity index (χ2v) is 7.46. The van der Waals surface area contributed by atoms with Crippen LogP contribution in [-0.4, -0.2) is 7.11 Å². The van der Waals surface area contributed by atoms with Gasteiger partial charge >= 0.3 is 0 Å². The first kappa shape index (κ1) is 22.2. The average molecular weight is 442 g/mol. The van der Waals surface area contributed by atoms with E-state index in [2.05, 4.69) is 6.58 Å². The van der Waals surface area contributed by atoms with Crippen molar-refractivity contribution in [2.75, 3.05) is 7.11 Å². The first-order valence-electron chi connectivity index (χ1n) is 10.3. The fraction of sp³-hybridized carbons (Fsp3) is 0.0345. The summed E-state index contributed by atoms with van der Waals surface area (Å²) < 4.78 is 48.3. The van der Waals surface area contributed by atoms with Crippen LogP contribution < -0.4 is 4.74 Å². The van der Waals surface area contributed by atoms with Gasteiger partial charge in [0.05, 0.1) is 7.11 Å². The molecule has 0 saturated carbocycles. The molecule has 33 heavy (non-hydrogen) atoms. The van der Waals surface area contributed by atoms with Crippen molar-refractivity contribution >= 4 is 18.2 Å². The van der Waals surface area contributed by atoms with Crippen LogP contribution in [0.2, 0.25) is 0 Å². The quantitative estimate of drug-likeness (QED) is 0.273. The molecule has 1 nitrogen and oxygen atoms in total. The number of hydrogen-bond acceptors (Lipinski definition) is 1. The fourth-order valence-corrected chi connectivity index (χ4v) is 3.53. The van der Waals surface area contributed by atoms with Gasteiger partial charge in [0.15, 0.2) is 23.2 Å². The topological polar surface area (TPSA) is 9.23 Å². The lowest BCUT2D eigenvalue weighted by atomic mass is 10.0. The van der Waals surface area contributed by atoms with E-state index < -0.39 is 17.5 Å². The van der Waals surface area contributed by atoms with Crippen LogP contribution in [0.4, 0.5) is 13.2 Å². The highest BCUT2D eigenvalue weighted by Gasteiger charge is 2.13. The summed E-state index contributed by atoms with van der Waals surface area (Å²) in [5, 5.41) is 0. The van der Waals surface area contributed by atoms with Crippen LogP contribution in [-0.2, 0) is 0 Å². The molecule has 0 spiro atoms. The van der Waals surface area contributed by atoms with E-state index in [1.54, 1.807) is 60.7 Å². The minimum Gasteiger partial charge on any atom is -0.494 e. The molecular weight excluding hydrogens is 421 g/mol. The summed E-state index contributed by atoms with van der Waals surface area (Å²) in [6.07, 6.45) is 4.93. The molecule has 0 aliphatic rings. The second-order valence-electron chi connectivity index (χ2n) is 7.46. The van der Waals surface area contributed by atoms with Crippen molar-refractivity contribution in [3.8, 4) is 28.0 Å². The van der Waals surface area contributed by atoms with Gasteiger partial charge in [-0.05, 0) is 39.9 Å². The van der Waals surface area contributed by atoms with Crippen LogP contribution in [0.1, 0.15) is 16.7 Å². The van der Waals surface area contributed by atoms with E-state index in [4.69, 9.17) is 4.74 Å². The van der Waals surface area contributed by atoms with Gasteiger partial charge in [0, 0.05) is 11.1 Å². The predicted octanol–water partition coefficient (Wildman–Crippen LogP) is 8.26. The first-order valence-corrected chi connectivity index (χ1v) is 10.3. The number of methoxy groups -OCH3 is 1. The molecule has 4 aromatic rings. The van der Waals surface area contributed by atoms with Crippen LogP contribution in [0, 0.1) is 17.5 Å². The fourth-order valence-electron chi connectivity index (χ4n) is 3.53. The Morgan fingerprint density at radius 1 is 0.667 bits per heavy atom. The van der Waals surface area contributed by atoms with E-state index in [1.807, 2.05) is 24.3 Å². The Kier molecular flexibility index (Phi) is 6.45. The van der Waals surface area contributed by atoms with E-state index in [1.165, 1.54) is 19.3 Å². The van der Waals surface area contributed by atoms with Gasteiger partial charge in [-0.2, -0.15) is 0 Å². The standard InChI is InChI=1S/C29H21F3O/c1-3-19-4-11-22(12-5-19)25-16-14-23(28(31)29(25)32)13-8-20-6-9-21(10-7-20)24-15-17-27(33-2)26(30)18-24/h3-18H,1H2,2H3/b13-8+. The Morgan fingerprint density at radius 3 is 1.94 bits per heavy atom. The van der Waals surface area contributed by atoms with Gasteiger partial charge in [-0.1, -0.05) is 91.5 Å². The molecule has 4 heteroatoms. The van der Waals surface area contributed by atoms with E-state index in [-0.39, 0.29) is 16.9 Å². The van der Waals surface area contributed by atoms with E-state index >= 15 is 0 Å². The number of ether oxygens (including phenoxy) is 1. The highest BCUT2D eigenvalue weighted by molar-refractivity contribution is 5.75. The molecule has 0 fully saturated rings. The molecule has 0 heterocycles. The van der Waals surface area contributed by atoms with Gasteiger partial charge < -0.3 is 4.74 Å². The molecule has 4 aromatic carbocycles. The maximum absolute atomic E-state index is 14.7. The first-order chi connectivity index (χ1) is 16.0. The van der Waals surface area contributed by atoms with Crippen LogP contribution in [0.3, 0.4) is 0 Å². The SMILES string of the molecule is C=Cc1ccc(-c2ccc(/C=C/c3ccc(-c4ccc(OC)c(F)c4)cc3)c(F)c2F)cc1. The smallest absolute Gasteiger partial charge is 0.167 e. The zero-order valence-electron chi connectivity index (χ0n) is 18.0. The molecular formula is C29H21F3O. The molecule has 0 radical (unpaired) electrons. The van der Waals surface area contributed by atoms with Gasteiger partial charge in [0.2, 0.25) is 0 Å². The highest BCUT2D eigenvalue weighted by atomic mass is 19.2. The lowest BCUT2D eigenvalue weighted by Gasteiger charge is -2.07. The summed E-state index contributed by atoms with van der Waals surface area (Å²) in [6, 6.07) is 22.3. The summed E-state index contributed by atoms with van der Waals surface area (Å²) in [5.74, 6) is -2.04. The lowest BCUT2D eigenvalue weighted by Crippen LogP contribution is -1.93. The van der Waals surface area contributed by atoms with Crippen molar-refractivity contribution in [2.24, 2.45) is 0 Å². The van der Waals surface area contributed by atoms with Crippen molar-refractivity contribution in [1.82, 2.24) is 0 Å².